The third-order valence-corrected chi connectivity index (χ3v) is 4.90. The van der Waals surface area contributed by atoms with Crippen molar-refractivity contribution in [2.75, 3.05) is 79.3 Å². The highest BCUT2D eigenvalue weighted by molar-refractivity contribution is 14.0. The van der Waals surface area contributed by atoms with Crippen molar-refractivity contribution in [2.24, 2.45) is 10.9 Å². The maximum atomic E-state index is 11.3. The van der Waals surface area contributed by atoms with Gasteiger partial charge in [0, 0.05) is 78.9 Å². The van der Waals surface area contributed by atoms with Gasteiger partial charge in [0.15, 0.2) is 5.96 Å². The molecule has 2 aliphatic heterocycles. The predicted octanol–water partition coefficient (Wildman–Crippen LogP) is 0.377. The predicted molar refractivity (Wildman–Crippen MR) is 118 cm³/mol. The van der Waals surface area contributed by atoms with Crippen LogP contribution < -0.4 is 10.6 Å². The molecule has 1 atom stereocenters. The fraction of sp³-hybridized carbons (Fsp3) is 0.889. The van der Waals surface area contributed by atoms with E-state index in [1.807, 2.05) is 4.90 Å². The normalized spacial score (nSPS) is 21.0. The van der Waals surface area contributed by atoms with E-state index in [4.69, 9.17) is 9.47 Å². The number of piperazine rings is 1. The van der Waals surface area contributed by atoms with Gasteiger partial charge in [0.25, 0.3) is 0 Å². The summed E-state index contributed by atoms with van der Waals surface area (Å²) in [5.74, 6) is 1.58. The first-order chi connectivity index (χ1) is 12.7. The molecule has 2 rings (SSSR count). The summed E-state index contributed by atoms with van der Waals surface area (Å²) in [4.78, 5) is 19.9. The van der Waals surface area contributed by atoms with Crippen LogP contribution >= 0.6 is 24.0 Å². The molecule has 27 heavy (non-hydrogen) atoms. The minimum absolute atomic E-state index is 0. The number of hydrogen-bond donors (Lipinski definition) is 2. The van der Waals surface area contributed by atoms with E-state index in [0.29, 0.717) is 5.92 Å². The van der Waals surface area contributed by atoms with Crippen LogP contribution in [0.4, 0.5) is 0 Å². The molecule has 0 aromatic carbocycles. The molecule has 2 saturated heterocycles. The Balaban J connectivity index is 0.00000364. The molecule has 0 aromatic rings. The Morgan fingerprint density at radius 3 is 2.59 bits per heavy atom. The summed E-state index contributed by atoms with van der Waals surface area (Å²) < 4.78 is 11.0. The molecule has 0 bridgehead atoms. The van der Waals surface area contributed by atoms with Gasteiger partial charge >= 0.3 is 0 Å². The zero-order chi connectivity index (χ0) is 18.6. The Morgan fingerprint density at radius 1 is 1.22 bits per heavy atom. The molecule has 1 unspecified atom stereocenters. The van der Waals surface area contributed by atoms with Crippen molar-refractivity contribution in [3.05, 3.63) is 0 Å². The Labute approximate surface area is 180 Å². The molecule has 0 radical (unpaired) electrons. The highest BCUT2D eigenvalue weighted by Gasteiger charge is 2.18. The molecule has 0 aromatic heterocycles. The number of carbonyl (C=O) groups is 1. The second-order valence-corrected chi connectivity index (χ2v) is 6.93. The molecule has 2 fully saturated rings. The number of halogens is 1. The Kier molecular flexibility index (Phi) is 13.0. The second kappa shape index (κ2) is 14.4. The van der Waals surface area contributed by atoms with E-state index >= 15 is 0 Å². The van der Waals surface area contributed by atoms with Crippen LogP contribution in [-0.4, -0.2) is 101 Å². The van der Waals surface area contributed by atoms with Gasteiger partial charge in [-0.3, -0.25) is 14.7 Å². The first-order valence-corrected chi connectivity index (χ1v) is 9.77. The molecule has 0 spiro atoms. The van der Waals surface area contributed by atoms with Crippen LogP contribution in [0.3, 0.4) is 0 Å². The number of ether oxygens (including phenoxy) is 2. The smallest absolute Gasteiger partial charge is 0.219 e. The zero-order valence-corrected chi connectivity index (χ0v) is 19.1. The van der Waals surface area contributed by atoms with Crippen LogP contribution in [0.15, 0.2) is 4.99 Å². The van der Waals surface area contributed by atoms with E-state index in [-0.39, 0.29) is 29.9 Å². The maximum absolute atomic E-state index is 11.3. The lowest BCUT2D eigenvalue weighted by atomic mass is 10.1. The van der Waals surface area contributed by atoms with Gasteiger partial charge in [0.2, 0.25) is 5.91 Å². The third kappa shape index (κ3) is 9.91. The van der Waals surface area contributed by atoms with E-state index < -0.39 is 0 Å². The highest BCUT2D eigenvalue weighted by Crippen LogP contribution is 2.12. The average Bonchev–Trinajstić information content (AvgIpc) is 3.17. The van der Waals surface area contributed by atoms with Crippen molar-refractivity contribution in [1.82, 2.24) is 20.4 Å². The summed E-state index contributed by atoms with van der Waals surface area (Å²) >= 11 is 0. The van der Waals surface area contributed by atoms with Crippen molar-refractivity contribution in [3.63, 3.8) is 0 Å². The average molecular weight is 497 g/mol. The summed E-state index contributed by atoms with van der Waals surface area (Å²) in [6, 6.07) is 0. The summed E-state index contributed by atoms with van der Waals surface area (Å²) in [5.41, 5.74) is 0. The van der Waals surface area contributed by atoms with E-state index in [1.165, 1.54) is 0 Å². The number of hydrogen-bond acceptors (Lipinski definition) is 5. The molecule has 9 heteroatoms. The van der Waals surface area contributed by atoms with E-state index in [2.05, 4.69) is 20.5 Å². The Bertz CT molecular complexity index is 439. The lowest BCUT2D eigenvalue weighted by Gasteiger charge is -2.34. The van der Waals surface area contributed by atoms with Crippen LogP contribution in [-0.2, 0) is 14.3 Å². The van der Waals surface area contributed by atoms with Crippen molar-refractivity contribution < 1.29 is 14.3 Å². The molecule has 8 nitrogen and oxygen atoms in total. The summed E-state index contributed by atoms with van der Waals surface area (Å²) in [7, 11) is 1.79. The van der Waals surface area contributed by atoms with E-state index in [0.717, 1.165) is 91.0 Å². The topological polar surface area (TPSA) is 78.4 Å². The van der Waals surface area contributed by atoms with Crippen LogP contribution in [0.25, 0.3) is 0 Å². The van der Waals surface area contributed by atoms with Gasteiger partial charge in [0.1, 0.15) is 0 Å². The monoisotopic (exact) mass is 497 g/mol. The van der Waals surface area contributed by atoms with Crippen LogP contribution in [0.5, 0.6) is 0 Å². The van der Waals surface area contributed by atoms with Gasteiger partial charge in [-0.05, 0) is 12.8 Å². The quantitative estimate of drug-likeness (QED) is 0.208. The Morgan fingerprint density at radius 2 is 1.96 bits per heavy atom. The minimum Gasteiger partial charge on any atom is -0.381 e. The van der Waals surface area contributed by atoms with E-state index in [9.17, 15) is 4.79 Å². The van der Waals surface area contributed by atoms with Gasteiger partial charge in [-0.25, -0.2) is 0 Å². The number of amides is 1. The van der Waals surface area contributed by atoms with Crippen LogP contribution in [0.1, 0.15) is 19.8 Å². The number of rotatable bonds is 9. The molecular weight excluding hydrogens is 461 g/mol. The minimum atomic E-state index is 0. The van der Waals surface area contributed by atoms with Gasteiger partial charge in [0.05, 0.1) is 13.2 Å². The molecule has 0 saturated carbocycles. The third-order valence-electron chi connectivity index (χ3n) is 4.90. The number of carbonyl (C=O) groups excluding carboxylic acids is 1. The molecular formula is C18H36IN5O3. The Hall–Kier alpha value is -0.650. The van der Waals surface area contributed by atoms with Crippen molar-refractivity contribution >= 4 is 35.8 Å². The number of guanidine groups is 1. The molecule has 1 amide bonds. The fourth-order valence-corrected chi connectivity index (χ4v) is 3.19. The van der Waals surface area contributed by atoms with Gasteiger partial charge in [-0.2, -0.15) is 0 Å². The van der Waals surface area contributed by atoms with Crippen molar-refractivity contribution in [1.29, 1.82) is 0 Å². The molecule has 2 N–H and O–H groups in total. The van der Waals surface area contributed by atoms with Crippen molar-refractivity contribution in [3.8, 4) is 0 Å². The van der Waals surface area contributed by atoms with Crippen LogP contribution in [0.2, 0.25) is 0 Å². The molecule has 2 aliphatic rings. The molecule has 2 heterocycles. The highest BCUT2D eigenvalue weighted by atomic mass is 127. The van der Waals surface area contributed by atoms with E-state index in [1.54, 1.807) is 14.0 Å². The maximum Gasteiger partial charge on any atom is 0.219 e. The van der Waals surface area contributed by atoms with Gasteiger partial charge in [-0.15, -0.1) is 24.0 Å². The number of aliphatic imine (C=N–C) groups is 1. The fourth-order valence-electron chi connectivity index (χ4n) is 3.19. The molecule has 158 valence electrons. The summed E-state index contributed by atoms with van der Waals surface area (Å²) in [5, 5.41) is 6.67. The first kappa shape index (κ1) is 24.4. The second-order valence-electron chi connectivity index (χ2n) is 6.93. The molecule has 0 aliphatic carbocycles. The largest absolute Gasteiger partial charge is 0.381 e. The zero-order valence-electron chi connectivity index (χ0n) is 16.7. The van der Waals surface area contributed by atoms with Gasteiger partial charge < -0.3 is 25.0 Å². The standard InChI is InChI=1S/C18H35N5O3.HI/c1-16(24)23-10-8-22(9-11-23)7-6-21-18(19-2)20-5-3-12-25-14-17-4-13-26-15-17;/h17H,3-15H2,1-2H3,(H2,19,20,21);1H. The number of nitrogens with zero attached hydrogens (tertiary/aromatic N) is 3. The number of nitrogens with one attached hydrogen (secondary N) is 2. The first-order valence-electron chi connectivity index (χ1n) is 9.77. The SMILES string of the molecule is CN=C(NCCCOCC1CCOC1)NCCN1CCN(C(C)=O)CC1.I. The summed E-state index contributed by atoms with van der Waals surface area (Å²) in [6.45, 7) is 11.1. The lowest BCUT2D eigenvalue weighted by Crippen LogP contribution is -2.50. The van der Waals surface area contributed by atoms with Crippen LogP contribution in [0, 0.1) is 5.92 Å². The van der Waals surface area contributed by atoms with Gasteiger partial charge in [-0.1, -0.05) is 0 Å². The van der Waals surface area contributed by atoms with Crippen molar-refractivity contribution in [2.45, 2.75) is 19.8 Å². The summed E-state index contributed by atoms with van der Waals surface area (Å²) in [6.07, 6.45) is 2.08. The lowest BCUT2D eigenvalue weighted by molar-refractivity contribution is -0.130.